The molecule has 1 unspecified atom stereocenters. The molecule has 1 fully saturated rings. The Bertz CT molecular complexity index is 394. The second-order valence-corrected chi connectivity index (χ2v) is 6.05. The summed E-state index contributed by atoms with van der Waals surface area (Å²) in [5, 5.41) is 9.17. The van der Waals surface area contributed by atoms with Gasteiger partial charge in [0.2, 0.25) is 5.91 Å². The monoisotopic (exact) mass is 325 g/mol. The zero-order valence-electron chi connectivity index (χ0n) is 11.3. The summed E-state index contributed by atoms with van der Waals surface area (Å²) in [5.41, 5.74) is -0.378. The highest BCUT2D eigenvalue weighted by molar-refractivity contribution is 7.09. The van der Waals surface area contributed by atoms with Gasteiger partial charge < -0.3 is 10.6 Å². The summed E-state index contributed by atoms with van der Waals surface area (Å²) in [5.74, 6) is 0.661. The van der Waals surface area contributed by atoms with Gasteiger partial charge in [-0.1, -0.05) is 6.92 Å². The molecule has 1 aromatic rings. The van der Waals surface area contributed by atoms with Gasteiger partial charge in [0.15, 0.2) is 0 Å². The number of rotatable bonds is 4. The molecule has 2 rings (SSSR count). The minimum atomic E-state index is -0.378. The van der Waals surface area contributed by atoms with Crippen molar-refractivity contribution in [2.24, 2.45) is 11.8 Å². The number of halogens is 2. The van der Waals surface area contributed by atoms with Gasteiger partial charge in [0, 0.05) is 17.5 Å². The van der Waals surface area contributed by atoms with Crippen LogP contribution in [-0.2, 0) is 10.3 Å². The van der Waals surface area contributed by atoms with E-state index >= 15 is 0 Å². The minimum absolute atomic E-state index is 0. The Labute approximate surface area is 130 Å². The fraction of sp³-hybridized carbons (Fsp3) is 0.667. The van der Waals surface area contributed by atoms with E-state index in [1.165, 1.54) is 0 Å². The van der Waals surface area contributed by atoms with Crippen LogP contribution in [0.4, 0.5) is 0 Å². The highest BCUT2D eigenvalue weighted by atomic mass is 35.5. The van der Waals surface area contributed by atoms with Crippen LogP contribution in [-0.4, -0.2) is 24.0 Å². The number of amides is 1. The van der Waals surface area contributed by atoms with Crippen molar-refractivity contribution in [2.45, 2.75) is 26.3 Å². The van der Waals surface area contributed by atoms with Crippen molar-refractivity contribution in [3.63, 3.8) is 0 Å². The number of thiazole rings is 1. The average Bonchev–Trinajstić information content (AvgIpc) is 2.66. The molecule has 1 aliphatic rings. The Morgan fingerprint density at radius 2 is 2.16 bits per heavy atom. The first-order chi connectivity index (χ1) is 8.00. The zero-order chi connectivity index (χ0) is 12.5. The second kappa shape index (κ2) is 7.43. The summed E-state index contributed by atoms with van der Waals surface area (Å²) >= 11 is 1.57. The van der Waals surface area contributed by atoms with Crippen molar-refractivity contribution in [3.8, 4) is 0 Å². The maximum absolute atomic E-state index is 12.1. The van der Waals surface area contributed by atoms with E-state index < -0.39 is 0 Å². The fourth-order valence-corrected chi connectivity index (χ4v) is 2.60. The third kappa shape index (κ3) is 4.31. The molecule has 7 heteroatoms. The Hall–Kier alpha value is -0.360. The van der Waals surface area contributed by atoms with Gasteiger partial charge in [-0.3, -0.25) is 4.79 Å². The van der Waals surface area contributed by atoms with Crippen LogP contribution in [0.25, 0.3) is 0 Å². The van der Waals surface area contributed by atoms with E-state index in [2.05, 4.69) is 15.6 Å². The van der Waals surface area contributed by atoms with E-state index in [4.69, 9.17) is 0 Å². The number of nitrogens with one attached hydrogen (secondary N) is 2. The summed E-state index contributed by atoms with van der Waals surface area (Å²) in [6.07, 6.45) is 1.77. The standard InChI is InChI=1S/C12H19N3OS.2ClH/c1-8(9-6-13-7-9)10(16)15-12(2,3)11-14-4-5-17-11;;/h4-5,8-9,13H,6-7H2,1-3H3,(H,15,16);2*1H. The lowest BCUT2D eigenvalue weighted by Crippen LogP contribution is -2.52. The number of carbonyl (C=O) groups is 1. The molecule has 1 amide bonds. The fourth-order valence-electron chi connectivity index (χ4n) is 1.89. The molecule has 0 spiro atoms. The summed E-state index contributed by atoms with van der Waals surface area (Å²) in [6, 6.07) is 0. The summed E-state index contributed by atoms with van der Waals surface area (Å²) in [6.45, 7) is 7.89. The van der Waals surface area contributed by atoms with Crippen LogP contribution < -0.4 is 10.6 Å². The van der Waals surface area contributed by atoms with Crippen molar-refractivity contribution >= 4 is 42.1 Å². The molecule has 19 heavy (non-hydrogen) atoms. The first-order valence-electron chi connectivity index (χ1n) is 5.93. The van der Waals surface area contributed by atoms with Crippen molar-refractivity contribution in [1.29, 1.82) is 0 Å². The lowest BCUT2D eigenvalue weighted by atomic mass is 9.87. The normalized spacial score (nSPS) is 16.6. The quantitative estimate of drug-likeness (QED) is 0.892. The number of aromatic nitrogens is 1. The molecule has 110 valence electrons. The number of nitrogens with zero attached hydrogens (tertiary/aromatic N) is 1. The molecule has 0 aromatic carbocycles. The predicted octanol–water partition coefficient (Wildman–Crippen LogP) is 2.19. The van der Waals surface area contributed by atoms with Crippen LogP contribution in [0, 0.1) is 11.8 Å². The van der Waals surface area contributed by atoms with Crippen LogP contribution in [0.15, 0.2) is 11.6 Å². The molecule has 0 bridgehead atoms. The first kappa shape index (κ1) is 18.6. The third-order valence-corrected chi connectivity index (χ3v) is 4.43. The highest BCUT2D eigenvalue weighted by Crippen LogP contribution is 2.24. The molecule has 1 aliphatic heterocycles. The van der Waals surface area contributed by atoms with Gasteiger partial charge in [0.25, 0.3) is 0 Å². The maximum Gasteiger partial charge on any atom is 0.223 e. The van der Waals surface area contributed by atoms with Gasteiger partial charge in [-0.15, -0.1) is 36.2 Å². The Balaban J connectivity index is 0.00000162. The van der Waals surface area contributed by atoms with Gasteiger partial charge in [-0.05, 0) is 32.9 Å². The SMILES string of the molecule is CC(C(=O)NC(C)(C)c1nccs1)C1CNC1.Cl.Cl. The van der Waals surface area contributed by atoms with Gasteiger partial charge >= 0.3 is 0 Å². The Morgan fingerprint density at radius 3 is 2.58 bits per heavy atom. The van der Waals surface area contributed by atoms with E-state index in [0.717, 1.165) is 18.1 Å². The smallest absolute Gasteiger partial charge is 0.223 e. The zero-order valence-corrected chi connectivity index (χ0v) is 13.8. The molecule has 1 aromatic heterocycles. The van der Waals surface area contributed by atoms with Crippen LogP contribution in [0.3, 0.4) is 0 Å². The molecule has 2 N–H and O–H groups in total. The Kier molecular flexibility index (Phi) is 7.29. The third-order valence-electron chi connectivity index (χ3n) is 3.34. The van der Waals surface area contributed by atoms with Crippen LogP contribution in [0.2, 0.25) is 0 Å². The Morgan fingerprint density at radius 1 is 1.53 bits per heavy atom. The average molecular weight is 326 g/mol. The van der Waals surface area contributed by atoms with Crippen LogP contribution >= 0.6 is 36.2 Å². The van der Waals surface area contributed by atoms with Crippen molar-refractivity contribution in [1.82, 2.24) is 15.6 Å². The molecule has 1 saturated heterocycles. The molecule has 0 aliphatic carbocycles. The molecular weight excluding hydrogens is 305 g/mol. The number of hydrogen-bond acceptors (Lipinski definition) is 4. The van der Waals surface area contributed by atoms with E-state index in [0.29, 0.717) is 5.92 Å². The molecule has 1 atom stereocenters. The second-order valence-electron chi connectivity index (χ2n) is 5.16. The van der Waals surface area contributed by atoms with E-state index in [-0.39, 0.29) is 42.2 Å². The van der Waals surface area contributed by atoms with E-state index in [1.807, 2.05) is 26.2 Å². The van der Waals surface area contributed by atoms with Gasteiger partial charge in [-0.2, -0.15) is 0 Å². The summed E-state index contributed by atoms with van der Waals surface area (Å²) in [7, 11) is 0. The van der Waals surface area contributed by atoms with Gasteiger partial charge in [-0.25, -0.2) is 4.98 Å². The maximum atomic E-state index is 12.1. The lowest BCUT2D eigenvalue weighted by Gasteiger charge is -2.34. The first-order valence-corrected chi connectivity index (χ1v) is 6.81. The minimum Gasteiger partial charge on any atom is -0.344 e. The van der Waals surface area contributed by atoms with Crippen LogP contribution in [0.5, 0.6) is 0 Å². The van der Waals surface area contributed by atoms with Crippen molar-refractivity contribution in [2.75, 3.05) is 13.1 Å². The van der Waals surface area contributed by atoms with Crippen molar-refractivity contribution in [3.05, 3.63) is 16.6 Å². The van der Waals surface area contributed by atoms with Gasteiger partial charge in [0.05, 0.1) is 5.54 Å². The van der Waals surface area contributed by atoms with Gasteiger partial charge in [0.1, 0.15) is 5.01 Å². The van der Waals surface area contributed by atoms with E-state index in [9.17, 15) is 4.79 Å². The largest absolute Gasteiger partial charge is 0.344 e. The topological polar surface area (TPSA) is 54.0 Å². The predicted molar refractivity (Wildman–Crippen MR) is 83.3 cm³/mol. The molecule has 0 saturated carbocycles. The molecule has 0 radical (unpaired) electrons. The number of carbonyl (C=O) groups excluding carboxylic acids is 1. The lowest BCUT2D eigenvalue weighted by molar-refractivity contribution is -0.128. The highest BCUT2D eigenvalue weighted by Gasteiger charge is 2.33. The molecular formula is C12H21Cl2N3OS. The summed E-state index contributed by atoms with van der Waals surface area (Å²) < 4.78 is 0. The number of hydrogen-bond donors (Lipinski definition) is 2. The van der Waals surface area contributed by atoms with E-state index in [1.54, 1.807) is 17.5 Å². The molecule has 4 nitrogen and oxygen atoms in total. The van der Waals surface area contributed by atoms with Crippen LogP contribution in [0.1, 0.15) is 25.8 Å². The van der Waals surface area contributed by atoms with Crippen molar-refractivity contribution < 1.29 is 4.79 Å². The molecule has 2 heterocycles. The summed E-state index contributed by atoms with van der Waals surface area (Å²) in [4.78, 5) is 16.4.